The molecule has 116 valence electrons. The topological polar surface area (TPSA) is 116 Å². The Kier molecular flexibility index (Phi) is 5.52. The van der Waals surface area contributed by atoms with Crippen molar-refractivity contribution in [1.82, 2.24) is 0 Å². The van der Waals surface area contributed by atoms with Crippen molar-refractivity contribution in [3.8, 4) is 0 Å². The van der Waals surface area contributed by atoms with E-state index in [-0.39, 0.29) is 26.8 Å². The molecule has 1 atom stereocenters. The first kappa shape index (κ1) is 17.6. The zero-order valence-electron chi connectivity index (χ0n) is 12.1. The van der Waals surface area contributed by atoms with Crippen LogP contribution in [0, 0.1) is 0 Å². The number of hydrogen-bond acceptors (Lipinski definition) is 3. The lowest BCUT2D eigenvalue weighted by atomic mass is 9.97. The molecule has 0 saturated heterocycles. The number of aliphatic imine (C=N–C) groups is 1. The third kappa shape index (κ3) is 4.04. The van der Waals surface area contributed by atoms with Crippen LogP contribution in [0.15, 0.2) is 26.5 Å². The van der Waals surface area contributed by atoms with Crippen LogP contribution in [0.4, 0.5) is 0 Å². The second kappa shape index (κ2) is 6.57. The second-order valence-corrected chi connectivity index (χ2v) is 7.51. The zero-order valence-corrected chi connectivity index (χ0v) is 14.5. The second-order valence-electron chi connectivity index (χ2n) is 4.77. The van der Waals surface area contributed by atoms with Gasteiger partial charge in [0.05, 0.1) is 10.5 Å². The van der Waals surface area contributed by atoms with Crippen molar-refractivity contribution in [3.63, 3.8) is 0 Å². The van der Waals surface area contributed by atoms with Crippen LogP contribution in [0.25, 0.3) is 0 Å². The fraction of sp³-hybridized carbons (Fsp3) is 0.385. The number of benzene rings is 1. The molecule has 6 nitrogen and oxygen atoms in total. The summed E-state index contributed by atoms with van der Waals surface area (Å²) >= 11 is 3.21. The first-order valence-corrected chi connectivity index (χ1v) is 8.94. The van der Waals surface area contributed by atoms with Crippen LogP contribution in [0.1, 0.15) is 42.1 Å². The van der Waals surface area contributed by atoms with E-state index in [2.05, 4.69) is 20.9 Å². The molecule has 0 aliphatic carbocycles. The number of guanidine groups is 1. The van der Waals surface area contributed by atoms with Gasteiger partial charge in [-0.1, -0.05) is 19.9 Å². The Morgan fingerprint density at radius 1 is 1.38 bits per heavy atom. The van der Waals surface area contributed by atoms with E-state index in [1.165, 1.54) is 6.07 Å². The Morgan fingerprint density at radius 2 is 1.95 bits per heavy atom. The maximum Gasteiger partial charge on any atom is 0.281 e. The van der Waals surface area contributed by atoms with Crippen LogP contribution in [-0.2, 0) is 9.84 Å². The SMILES string of the molecule is CCC(C)c1ccc(C(=O)N=C(N)N)c(Br)c1S(C)(=O)=O. The molecule has 0 aliphatic rings. The standard InChI is InChI=1S/C13H18BrN3O3S/c1-4-7(2)8-5-6-9(12(18)17-13(15)16)10(14)11(8)21(3,19)20/h5-7H,4H2,1-3H3,(H4,15,16,17,18). The van der Waals surface area contributed by atoms with Gasteiger partial charge < -0.3 is 11.5 Å². The van der Waals surface area contributed by atoms with Gasteiger partial charge in [0.25, 0.3) is 5.91 Å². The van der Waals surface area contributed by atoms with Crippen molar-refractivity contribution in [2.45, 2.75) is 31.1 Å². The highest BCUT2D eigenvalue weighted by Gasteiger charge is 2.24. The quantitative estimate of drug-likeness (QED) is 0.614. The van der Waals surface area contributed by atoms with Crippen molar-refractivity contribution in [1.29, 1.82) is 0 Å². The Balaban J connectivity index is 3.63. The predicted molar refractivity (Wildman–Crippen MR) is 86.1 cm³/mol. The van der Waals surface area contributed by atoms with E-state index >= 15 is 0 Å². The zero-order chi connectivity index (χ0) is 16.4. The summed E-state index contributed by atoms with van der Waals surface area (Å²) in [6, 6.07) is 3.15. The molecule has 0 fully saturated rings. The van der Waals surface area contributed by atoms with Crippen LogP contribution in [0.5, 0.6) is 0 Å². The summed E-state index contributed by atoms with van der Waals surface area (Å²) in [5, 5.41) is 0. The Hall–Kier alpha value is -1.41. The lowest BCUT2D eigenvalue weighted by Gasteiger charge is -2.17. The van der Waals surface area contributed by atoms with Gasteiger partial charge in [-0.05, 0) is 39.9 Å². The van der Waals surface area contributed by atoms with Gasteiger partial charge in [0.1, 0.15) is 0 Å². The highest BCUT2D eigenvalue weighted by molar-refractivity contribution is 9.10. The molecule has 1 aromatic rings. The maximum atomic E-state index is 12.1. The fourth-order valence-corrected chi connectivity index (χ4v) is 4.44. The van der Waals surface area contributed by atoms with E-state index in [1.54, 1.807) is 6.07 Å². The summed E-state index contributed by atoms with van der Waals surface area (Å²) in [6.07, 6.45) is 1.88. The molecule has 0 aliphatic heterocycles. The Morgan fingerprint density at radius 3 is 2.38 bits per heavy atom. The number of sulfone groups is 1. The van der Waals surface area contributed by atoms with E-state index in [4.69, 9.17) is 11.5 Å². The number of amides is 1. The van der Waals surface area contributed by atoms with E-state index in [0.29, 0.717) is 5.56 Å². The monoisotopic (exact) mass is 375 g/mol. The number of nitrogens with two attached hydrogens (primary N) is 2. The van der Waals surface area contributed by atoms with Gasteiger partial charge >= 0.3 is 0 Å². The highest BCUT2D eigenvalue weighted by atomic mass is 79.9. The van der Waals surface area contributed by atoms with E-state index in [1.807, 2.05) is 13.8 Å². The molecule has 0 spiro atoms. The minimum atomic E-state index is -3.51. The maximum absolute atomic E-state index is 12.1. The first-order chi connectivity index (χ1) is 9.59. The lowest BCUT2D eigenvalue weighted by Crippen LogP contribution is -2.24. The van der Waals surface area contributed by atoms with Gasteiger partial charge in [-0.3, -0.25) is 4.79 Å². The molecule has 0 heterocycles. The predicted octanol–water partition coefficient (Wildman–Crippen LogP) is 1.78. The van der Waals surface area contributed by atoms with Crippen LogP contribution >= 0.6 is 15.9 Å². The normalized spacial score (nSPS) is 12.8. The van der Waals surface area contributed by atoms with Gasteiger partial charge in [0.2, 0.25) is 0 Å². The fourth-order valence-electron chi connectivity index (χ4n) is 1.90. The van der Waals surface area contributed by atoms with Crippen molar-refractivity contribution < 1.29 is 13.2 Å². The van der Waals surface area contributed by atoms with Crippen molar-refractivity contribution in [2.24, 2.45) is 16.5 Å². The molecular formula is C13H18BrN3O3S. The molecule has 8 heteroatoms. The molecule has 1 rings (SSSR count). The summed E-state index contributed by atoms with van der Waals surface area (Å²) in [4.78, 5) is 15.5. The minimum absolute atomic E-state index is 0.0401. The number of hydrogen-bond donors (Lipinski definition) is 2. The Labute approximate surface area is 132 Å². The summed E-state index contributed by atoms with van der Waals surface area (Å²) in [7, 11) is -3.51. The van der Waals surface area contributed by atoms with Crippen LogP contribution in [0.2, 0.25) is 0 Å². The van der Waals surface area contributed by atoms with Crippen LogP contribution in [0.3, 0.4) is 0 Å². The number of carbonyl (C=O) groups excluding carboxylic acids is 1. The highest BCUT2D eigenvalue weighted by Crippen LogP contribution is 2.35. The van der Waals surface area contributed by atoms with Gasteiger partial charge in [-0.2, -0.15) is 4.99 Å². The molecular weight excluding hydrogens is 358 g/mol. The van der Waals surface area contributed by atoms with Gasteiger partial charge in [-0.15, -0.1) is 0 Å². The molecule has 21 heavy (non-hydrogen) atoms. The van der Waals surface area contributed by atoms with Gasteiger partial charge in [-0.25, -0.2) is 8.42 Å². The smallest absolute Gasteiger partial charge is 0.281 e. The van der Waals surface area contributed by atoms with Crippen molar-refractivity contribution >= 4 is 37.6 Å². The van der Waals surface area contributed by atoms with Crippen LogP contribution < -0.4 is 11.5 Å². The lowest BCUT2D eigenvalue weighted by molar-refractivity contribution is 0.100. The van der Waals surface area contributed by atoms with Gasteiger partial charge in [0.15, 0.2) is 15.8 Å². The summed E-state index contributed by atoms with van der Waals surface area (Å²) in [5.41, 5.74) is 11.1. The number of halogens is 1. The Bertz CT molecular complexity index is 695. The van der Waals surface area contributed by atoms with E-state index < -0.39 is 15.7 Å². The third-order valence-electron chi connectivity index (χ3n) is 3.10. The number of nitrogens with zero attached hydrogens (tertiary/aromatic N) is 1. The summed E-state index contributed by atoms with van der Waals surface area (Å²) in [5.74, 6) is -1.03. The van der Waals surface area contributed by atoms with Crippen molar-refractivity contribution in [2.75, 3.05) is 6.26 Å². The van der Waals surface area contributed by atoms with Crippen LogP contribution in [-0.4, -0.2) is 26.5 Å². The molecule has 1 amide bonds. The molecule has 0 radical (unpaired) electrons. The van der Waals surface area contributed by atoms with Gasteiger partial charge in [0, 0.05) is 10.7 Å². The summed E-state index contributed by atoms with van der Waals surface area (Å²) < 4.78 is 24.3. The molecule has 0 saturated carbocycles. The average Bonchev–Trinajstić information content (AvgIpc) is 2.34. The third-order valence-corrected chi connectivity index (χ3v) is 5.37. The average molecular weight is 376 g/mol. The molecule has 0 aromatic heterocycles. The number of carbonyl (C=O) groups is 1. The molecule has 1 unspecified atom stereocenters. The first-order valence-electron chi connectivity index (χ1n) is 6.26. The number of rotatable bonds is 4. The minimum Gasteiger partial charge on any atom is -0.370 e. The molecule has 0 bridgehead atoms. The van der Waals surface area contributed by atoms with E-state index in [0.717, 1.165) is 12.7 Å². The molecule has 1 aromatic carbocycles. The largest absolute Gasteiger partial charge is 0.370 e. The summed E-state index contributed by atoms with van der Waals surface area (Å²) in [6.45, 7) is 3.89. The molecule has 4 N–H and O–H groups in total. The van der Waals surface area contributed by atoms with E-state index in [9.17, 15) is 13.2 Å². The van der Waals surface area contributed by atoms with Crippen molar-refractivity contribution in [3.05, 3.63) is 27.7 Å².